The molecule has 2 aromatic carbocycles. The summed E-state index contributed by atoms with van der Waals surface area (Å²) in [6.45, 7) is 0.469. The third-order valence-corrected chi connectivity index (χ3v) is 5.66. The molecule has 1 aromatic heterocycles. The van der Waals surface area contributed by atoms with Crippen LogP contribution in [-0.4, -0.2) is 41.7 Å². The van der Waals surface area contributed by atoms with Crippen LogP contribution in [0.2, 0.25) is 0 Å². The zero-order valence-electron chi connectivity index (χ0n) is 16.9. The molecule has 0 bridgehead atoms. The van der Waals surface area contributed by atoms with Crippen LogP contribution < -0.4 is 14.8 Å². The summed E-state index contributed by atoms with van der Waals surface area (Å²) in [6, 6.07) is 13.5. The van der Waals surface area contributed by atoms with Gasteiger partial charge in [0.15, 0.2) is 5.69 Å². The highest BCUT2D eigenvalue weighted by Gasteiger charge is 2.34. The second-order valence-corrected chi connectivity index (χ2v) is 8.09. The molecule has 7 nitrogen and oxygen atoms in total. The molecule has 1 aliphatic rings. The van der Waals surface area contributed by atoms with Crippen molar-refractivity contribution in [3.05, 3.63) is 63.9 Å². The first-order chi connectivity index (χ1) is 14.6. The predicted molar refractivity (Wildman–Crippen MR) is 117 cm³/mol. The van der Waals surface area contributed by atoms with Gasteiger partial charge in [0.05, 0.1) is 25.6 Å². The number of hydrogen-bond donors (Lipinski definition) is 1. The molecule has 1 fully saturated rings. The van der Waals surface area contributed by atoms with Gasteiger partial charge in [-0.2, -0.15) is 0 Å². The first kappa shape index (κ1) is 20.4. The summed E-state index contributed by atoms with van der Waals surface area (Å²) in [4.78, 5) is 12.9. The van der Waals surface area contributed by atoms with Crippen LogP contribution in [0.5, 0.6) is 11.5 Å². The molecule has 8 heteroatoms. The highest BCUT2D eigenvalue weighted by Crippen LogP contribution is 2.42. The molecular formula is C22H23BrN4O3. The fraction of sp³-hybridized carbons (Fsp3) is 0.318. The van der Waals surface area contributed by atoms with Gasteiger partial charge in [-0.05, 0) is 55.2 Å². The van der Waals surface area contributed by atoms with E-state index in [0.717, 1.165) is 45.8 Å². The summed E-state index contributed by atoms with van der Waals surface area (Å²) in [5.41, 5.74) is 3.19. The molecule has 0 radical (unpaired) electrons. The summed E-state index contributed by atoms with van der Waals surface area (Å²) in [5, 5.41) is 11.4. The molecule has 1 N–H and O–H groups in total. The van der Waals surface area contributed by atoms with E-state index in [4.69, 9.17) is 9.47 Å². The molecule has 30 heavy (non-hydrogen) atoms. The smallest absolute Gasteiger partial charge is 0.273 e. The van der Waals surface area contributed by atoms with Gasteiger partial charge < -0.3 is 14.8 Å². The number of aromatic nitrogens is 3. The van der Waals surface area contributed by atoms with Crippen LogP contribution in [0.3, 0.4) is 0 Å². The highest BCUT2D eigenvalue weighted by atomic mass is 79.9. The van der Waals surface area contributed by atoms with Crippen molar-refractivity contribution in [1.82, 2.24) is 20.3 Å². The van der Waals surface area contributed by atoms with E-state index in [9.17, 15) is 4.79 Å². The minimum Gasteiger partial charge on any atom is -0.497 e. The van der Waals surface area contributed by atoms with Crippen molar-refractivity contribution < 1.29 is 14.3 Å². The number of hydrogen-bond acceptors (Lipinski definition) is 5. The maximum Gasteiger partial charge on any atom is 0.273 e. The zero-order valence-corrected chi connectivity index (χ0v) is 18.5. The third kappa shape index (κ3) is 4.33. The molecule has 0 saturated heterocycles. The number of halogens is 1. The Morgan fingerprint density at radius 3 is 2.60 bits per heavy atom. The Labute approximate surface area is 183 Å². The van der Waals surface area contributed by atoms with E-state index in [-0.39, 0.29) is 5.91 Å². The van der Waals surface area contributed by atoms with Crippen LogP contribution in [0, 0.1) is 0 Å². The molecule has 0 spiro atoms. The fourth-order valence-corrected chi connectivity index (χ4v) is 3.66. The number of rotatable bonds is 8. The molecule has 0 aliphatic heterocycles. The van der Waals surface area contributed by atoms with Gasteiger partial charge in [0.25, 0.3) is 5.91 Å². The van der Waals surface area contributed by atoms with Crippen LogP contribution in [0.4, 0.5) is 0 Å². The lowest BCUT2D eigenvalue weighted by atomic mass is 10.1. The predicted octanol–water partition coefficient (Wildman–Crippen LogP) is 3.90. The van der Waals surface area contributed by atoms with Gasteiger partial charge in [-0.3, -0.25) is 4.79 Å². The van der Waals surface area contributed by atoms with Crippen LogP contribution in [-0.2, 0) is 6.42 Å². The van der Waals surface area contributed by atoms with E-state index >= 15 is 0 Å². The topological polar surface area (TPSA) is 78.3 Å². The van der Waals surface area contributed by atoms with E-state index in [2.05, 4.69) is 31.6 Å². The number of carbonyl (C=O) groups excluding carboxylic acids is 1. The van der Waals surface area contributed by atoms with Crippen molar-refractivity contribution in [1.29, 1.82) is 0 Å². The van der Waals surface area contributed by atoms with E-state index < -0.39 is 0 Å². The first-order valence-corrected chi connectivity index (χ1v) is 10.6. The van der Waals surface area contributed by atoms with Crippen LogP contribution in [0.15, 0.2) is 46.9 Å². The number of nitrogens with one attached hydrogen (secondary N) is 1. The Morgan fingerprint density at radius 2 is 1.93 bits per heavy atom. The van der Waals surface area contributed by atoms with Crippen molar-refractivity contribution in [2.45, 2.75) is 25.2 Å². The Bertz CT molecular complexity index is 1050. The summed E-state index contributed by atoms with van der Waals surface area (Å²) < 4.78 is 13.4. The second-order valence-electron chi connectivity index (χ2n) is 7.17. The average molecular weight is 471 g/mol. The van der Waals surface area contributed by atoms with Gasteiger partial charge in [0, 0.05) is 23.0 Å². The summed E-state index contributed by atoms with van der Waals surface area (Å²) in [7, 11) is 3.24. The maximum absolute atomic E-state index is 12.9. The lowest BCUT2D eigenvalue weighted by molar-refractivity contribution is 0.0948. The van der Waals surface area contributed by atoms with Crippen molar-refractivity contribution in [2.75, 3.05) is 20.8 Å². The Morgan fingerprint density at radius 1 is 1.17 bits per heavy atom. The molecule has 156 valence electrons. The van der Waals surface area contributed by atoms with E-state index in [0.29, 0.717) is 24.6 Å². The molecule has 4 rings (SSSR count). The molecular weight excluding hydrogens is 448 g/mol. The zero-order chi connectivity index (χ0) is 21.1. The number of nitrogens with zero attached hydrogens (tertiary/aromatic N) is 3. The van der Waals surface area contributed by atoms with Crippen molar-refractivity contribution in [3.8, 4) is 17.2 Å². The molecule has 0 unspecified atom stereocenters. The number of methoxy groups -OCH3 is 2. The van der Waals surface area contributed by atoms with Crippen LogP contribution >= 0.6 is 15.9 Å². The van der Waals surface area contributed by atoms with Gasteiger partial charge in [-0.25, -0.2) is 4.68 Å². The minimum absolute atomic E-state index is 0.201. The molecule has 3 aromatic rings. The molecule has 0 atom stereocenters. The fourth-order valence-electron chi connectivity index (χ4n) is 3.40. The normalized spacial score (nSPS) is 13.2. The van der Waals surface area contributed by atoms with Crippen molar-refractivity contribution in [2.24, 2.45) is 0 Å². The van der Waals surface area contributed by atoms with Crippen molar-refractivity contribution in [3.63, 3.8) is 0 Å². The van der Waals surface area contributed by atoms with Gasteiger partial charge >= 0.3 is 0 Å². The lowest BCUT2D eigenvalue weighted by Crippen LogP contribution is -2.27. The maximum atomic E-state index is 12.9. The average Bonchev–Trinajstić information content (AvgIpc) is 3.52. The van der Waals surface area contributed by atoms with Crippen LogP contribution in [0.1, 0.15) is 40.5 Å². The van der Waals surface area contributed by atoms with Crippen LogP contribution in [0.25, 0.3) is 5.69 Å². The van der Waals surface area contributed by atoms with E-state index in [1.54, 1.807) is 18.9 Å². The summed E-state index contributed by atoms with van der Waals surface area (Å²) >= 11 is 3.45. The molecule has 1 heterocycles. The Balaban J connectivity index is 1.47. The van der Waals surface area contributed by atoms with Gasteiger partial charge in [0.1, 0.15) is 11.5 Å². The largest absolute Gasteiger partial charge is 0.497 e. The second kappa shape index (κ2) is 8.87. The number of benzene rings is 2. The quantitative estimate of drug-likeness (QED) is 0.539. The van der Waals surface area contributed by atoms with Crippen molar-refractivity contribution >= 4 is 21.8 Å². The monoisotopic (exact) mass is 470 g/mol. The molecule has 1 amide bonds. The standard InChI is InChI=1S/C22H23BrN4O3/c1-29-18-10-5-14(19(13-18)30-2)11-12-24-22(28)20-21(15-3-4-15)27(26-25-20)17-8-6-16(23)7-9-17/h5-10,13,15H,3-4,11-12H2,1-2H3,(H,24,28). The highest BCUT2D eigenvalue weighted by molar-refractivity contribution is 9.10. The number of ether oxygens (including phenoxy) is 2. The van der Waals surface area contributed by atoms with E-state index in [1.807, 2.05) is 42.5 Å². The van der Waals surface area contributed by atoms with Gasteiger partial charge in [-0.15, -0.1) is 5.10 Å². The number of carbonyl (C=O) groups is 1. The van der Waals surface area contributed by atoms with Gasteiger partial charge in [-0.1, -0.05) is 27.2 Å². The van der Waals surface area contributed by atoms with E-state index in [1.165, 1.54) is 0 Å². The SMILES string of the molecule is COc1ccc(CCNC(=O)c2nnn(-c3ccc(Br)cc3)c2C2CC2)c(OC)c1. The third-order valence-electron chi connectivity index (χ3n) is 5.13. The first-order valence-electron chi connectivity index (χ1n) is 9.81. The van der Waals surface area contributed by atoms with Gasteiger partial charge in [0.2, 0.25) is 0 Å². The summed E-state index contributed by atoms with van der Waals surface area (Å²) in [6.07, 6.45) is 2.74. The lowest BCUT2D eigenvalue weighted by Gasteiger charge is -2.11. The molecule has 1 aliphatic carbocycles. The summed E-state index contributed by atoms with van der Waals surface area (Å²) in [5.74, 6) is 1.60. The Kier molecular flexibility index (Phi) is 6.03. The minimum atomic E-state index is -0.201. The molecule has 1 saturated carbocycles. The number of amides is 1. The Hall–Kier alpha value is -2.87.